The Bertz CT molecular complexity index is 1300. The number of rotatable bonds is 7. The summed E-state index contributed by atoms with van der Waals surface area (Å²) >= 11 is 7.67. The van der Waals surface area contributed by atoms with E-state index in [1.54, 1.807) is 41.3 Å². The molecular formula is C26H24ClN3O2S. The Morgan fingerprint density at radius 3 is 2.21 bits per heavy atom. The molecule has 1 aromatic heterocycles. The average molecular weight is 478 g/mol. The van der Waals surface area contributed by atoms with Crippen LogP contribution in [0.4, 0.5) is 5.13 Å². The summed E-state index contributed by atoms with van der Waals surface area (Å²) in [5, 5.41) is 1.28. The van der Waals surface area contributed by atoms with E-state index in [4.69, 9.17) is 16.6 Å². The van der Waals surface area contributed by atoms with Crippen LogP contribution in [0.15, 0.2) is 66.7 Å². The van der Waals surface area contributed by atoms with Gasteiger partial charge in [0.1, 0.15) is 0 Å². The Hall–Kier alpha value is -3.06. The van der Waals surface area contributed by atoms with E-state index in [1.807, 2.05) is 56.3 Å². The van der Waals surface area contributed by atoms with Crippen molar-refractivity contribution in [2.45, 2.75) is 6.92 Å². The van der Waals surface area contributed by atoms with Gasteiger partial charge in [-0.1, -0.05) is 65.4 Å². The molecular weight excluding hydrogens is 454 g/mol. The molecule has 0 saturated carbocycles. The van der Waals surface area contributed by atoms with Crippen LogP contribution in [-0.2, 0) is 0 Å². The third kappa shape index (κ3) is 5.14. The number of hydrogen-bond donors (Lipinski definition) is 0. The zero-order valence-corrected chi connectivity index (χ0v) is 20.3. The van der Waals surface area contributed by atoms with Gasteiger partial charge in [-0.2, -0.15) is 0 Å². The highest BCUT2D eigenvalue weighted by Gasteiger charge is 2.22. The van der Waals surface area contributed by atoms with Crippen LogP contribution in [0.2, 0.25) is 5.02 Å². The molecule has 1 heterocycles. The van der Waals surface area contributed by atoms with Crippen molar-refractivity contribution in [2.24, 2.45) is 0 Å². The molecule has 1 amide bonds. The molecule has 168 valence electrons. The maximum absolute atomic E-state index is 13.5. The van der Waals surface area contributed by atoms with Gasteiger partial charge >= 0.3 is 0 Å². The van der Waals surface area contributed by atoms with Crippen LogP contribution in [0.3, 0.4) is 0 Å². The molecule has 33 heavy (non-hydrogen) atoms. The zero-order valence-electron chi connectivity index (χ0n) is 18.7. The number of carbonyl (C=O) groups excluding carboxylic acids is 2. The van der Waals surface area contributed by atoms with Crippen molar-refractivity contribution in [1.29, 1.82) is 0 Å². The van der Waals surface area contributed by atoms with Gasteiger partial charge in [0.2, 0.25) is 0 Å². The highest BCUT2D eigenvalue weighted by molar-refractivity contribution is 7.22. The Morgan fingerprint density at radius 1 is 0.909 bits per heavy atom. The Kier molecular flexibility index (Phi) is 6.88. The molecule has 0 aliphatic heterocycles. The van der Waals surface area contributed by atoms with Crippen molar-refractivity contribution >= 4 is 50.0 Å². The molecule has 0 bridgehead atoms. The van der Waals surface area contributed by atoms with Gasteiger partial charge in [0.05, 0.1) is 10.2 Å². The number of ketones is 1. The number of aromatic nitrogens is 1. The number of likely N-dealkylation sites (N-methyl/N-ethyl adjacent to an activating group) is 1. The van der Waals surface area contributed by atoms with Crippen molar-refractivity contribution in [3.8, 4) is 0 Å². The van der Waals surface area contributed by atoms with Gasteiger partial charge in [-0.25, -0.2) is 4.98 Å². The molecule has 0 radical (unpaired) electrons. The maximum Gasteiger partial charge on any atom is 0.260 e. The first-order chi connectivity index (χ1) is 15.8. The average Bonchev–Trinajstić information content (AvgIpc) is 3.23. The van der Waals surface area contributed by atoms with E-state index in [0.717, 1.165) is 15.8 Å². The number of hydrogen-bond acceptors (Lipinski definition) is 5. The molecule has 5 nitrogen and oxygen atoms in total. The fourth-order valence-corrected chi connectivity index (χ4v) is 4.96. The van der Waals surface area contributed by atoms with Gasteiger partial charge in [-0.05, 0) is 50.8 Å². The summed E-state index contributed by atoms with van der Waals surface area (Å²) in [5.74, 6) is -0.226. The summed E-state index contributed by atoms with van der Waals surface area (Å²) in [5.41, 5.74) is 3.50. The van der Waals surface area contributed by atoms with E-state index in [9.17, 15) is 9.59 Å². The van der Waals surface area contributed by atoms with E-state index in [-0.39, 0.29) is 11.7 Å². The molecule has 0 unspecified atom stereocenters. The molecule has 3 aromatic carbocycles. The second-order valence-corrected chi connectivity index (χ2v) is 9.54. The summed E-state index contributed by atoms with van der Waals surface area (Å²) in [4.78, 5) is 34.7. The fourth-order valence-electron chi connectivity index (χ4n) is 3.52. The summed E-state index contributed by atoms with van der Waals surface area (Å²) in [7, 11) is 3.93. The summed E-state index contributed by atoms with van der Waals surface area (Å²) < 4.78 is 0.946. The van der Waals surface area contributed by atoms with E-state index < -0.39 is 0 Å². The lowest BCUT2D eigenvalue weighted by atomic mass is 10.0. The van der Waals surface area contributed by atoms with Crippen LogP contribution < -0.4 is 4.90 Å². The Balaban J connectivity index is 1.64. The van der Waals surface area contributed by atoms with Crippen LogP contribution in [0.5, 0.6) is 0 Å². The SMILES string of the molecule is Cc1cc(Cl)cc2sc(N(CCN(C)C)C(=O)c3ccc(C(=O)c4ccccc4)cc3)nc12. The largest absolute Gasteiger partial charge is 0.308 e. The van der Waals surface area contributed by atoms with Crippen molar-refractivity contribution < 1.29 is 9.59 Å². The third-order valence-corrected chi connectivity index (χ3v) is 6.56. The number of fused-ring (bicyclic) bond motifs is 1. The predicted octanol–water partition coefficient (Wildman–Crippen LogP) is 5.70. The first kappa shape index (κ1) is 23.1. The monoisotopic (exact) mass is 477 g/mol. The molecule has 7 heteroatoms. The maximum atomic E-state index is 13.5. The molecule has 4 aromatic rings. The predicted molar refractivity (Wildman–Crippen MR) is 136 cm³/mol. The number of aryl methyl sites for hydroxylation is 1. The van der Waals surface area contributed by atoms with Crippen LogP contribution >= 0.6 is 22.9 Å². The van der Waals surface area contributed by atoms with Gasteiger partial charge in [-0.3, -0.25) is 14.5 Å². The minimum Gasteiger partial charge on any atom is -0.308 e. The smallest absolute Gasteiger partial charge is 0.260 e. The van der Waals surface area contributed by atoms with Gasteiger partial charge in [-0.15, -0.1) is 0 Å². The molecule has 0 spiro atoms. The molecule has 4 rings (SSSR count). The minimum absolute atomic E-state index is 0.0717. The van der Waals surface area contributed by atoms with E-state index in [1.165, 1.54) is 11.3 Å². The molecule has 0 atom stereocenters. The number of thiazole rings is 1. The van der Waals surface area contributed by atoms with E-state index >= 15 is 0 Å². The van der Waals surface area contributed by atoms with Crippen LogP contribution in [-0.4, -0.2) is 48.8 Å². The number of halogens is 1. The molecule has 0 fully saturated rings. The number of nitrogens with zero attached hydrogens (tertiary/aromatic N) is 3. The second-order valence-electron chi connectivity index (χ2n) is 8.10. The number of carbonyl (C=O) groups is 2. The highest BCUT2D eigenvalue weighted by Crippen LogP contribution is 2.33. The first-order valence-electron chi connectivity index (χ1n) is 10.6. The fraction of sp³-hybridized carbons (Fsp3) is 0.192. The summed E-state index contributed by atoms with van der Waals surface area (Å²) in [6, 6.07) is 19.7. The van der Waals surface area contributed by atoms with Gasteiger partial charge < -0.3 is 4.90 Å². The van der Waals surface area contributed by atoms with Crippen molar-refractivity contribution in [3.05, 3.63) is 94.0 Å². The minimum atomic E-state index is -0.154. The lowest BCUT2D eigenvalue weighted by molar-refractivity contribution is 0.0982. The van der Waals surface area contributed by atoms with Crippen molar-refractivity contribution in [1.82, 2.24) is 9.88 Å². The van der Waals surface area contributed by atoms with Crippen LogP contribution in [0.1, 0.15) is 31.8 Å². The Morgan fingerprint density at radius 2 is 1.55 bits per heavy atom. The van der Waals surface area contributed by atoms with Gasteiger partial charge in [0.25, 0.3) is 5.91 Å². The van der Waals surface area contributed by atoms with Crippen molar-refractivity contribution in [2.75, 3.05) is 32.1 Å². The number of amides is 1. The number of anilines is 1. The molecule has 0 aliphatic carbocycles. The second kappa shape index (κ2) is 9.83. The first-order valence-corrected chi connectivity index (χ1v) is 11.8. The van der Waals surface area contributed by atoms with Crippen molar-refractivity contribution in [3.63, 3.8) is 0 Å². The molecule has 0 N–H and O–H groups in total. The van der Waals surface area contributed by atoms with Gasteiger partial charge in [0, 0.05) is 34.8 Å². The number of benzene rings is 3. The normalized spacial score (nSPS) is 11.2. The topological polar surface area (TPSA) is 53.5 Å². The molecule has 0 aliphatic rings. The van der Waals surface area contributed by atoms with E-state index in [2.05, 4.69) is 0 Å². The highest BCUT2D eigenvalue weighted by atomic mass is 35.5. The standard InChI is InChI=1S/C26H24ClN3O2S/c1-17-15-21(27)16-22-23(17)28-26(33-22)30(14-13-29(2)3)25(32)20-11-9-19(10-12-20)24(31)18-7-5-4-6-8-18/h4-12,15-16H,13-14H2,1-3H3. The third-order valence-electron chi connectivity index (χ3n) is 5.32. The van der Waals surface area contributed by atoms with E-state index in [0.29, 0.717) is 39.9 Å². The summed E-state index contributed by atoms with van der Waals surface area (Å²) in [6.07, 6.45) is 0. The lowest BCUT2D eigenvalue weighted by Crippen LogP contribution is -2.36. The van der Waals surface area contributed by atoms with Crippen LogP contribution in [0.25, 0.3) is 10.2 Å². The van der Waals surface area contributed by atoms with Gasteiger partial charge in [0.15, 0.2) is 10.9 Å². The Labute approximate surface area is 202 Å². The van der Waals surface area contributed by atoms with Crippen LogP contribution in [0, 0.1) is 6.92 Å². The molecule has 0 saturated heterocycles. The lowest BCUT2D eigenvalue weighted by Gasteiger charge is -2.22. The quantitative estimate of drug-likeness (QED) is 0.320. The zero-order chi connectivity index (χ0) is 23.5. The summed E-state index contributed by atoms with van der Waals surface area (Å²) in [6.45, 7) is 3.14.